The molecule has 2 fully saturated rings. The first-order chi connectivity index (χ1) is 8.57. The molecule has 3 unspecified atom stereocenters. The highest BCUT2D eigenvalue weighted by molar-refractivity contribution is 4.96. The Hall–Kier alpha value is -0.0800. The smallest absolute Gasteiger partial charge is 0.0908 e. The third-order valence-corrected chi connectivity index (χ3v) is 5.59. The summed E-state index contributed by atoms with van der Waals surface area (Å²) in [5.74, 6) is 1.67. The van der Waals surface area contributed by atoms with Crippen molar-refractivity contribution in [2.45, 2.75) is 83.3 Å². The van der Waals surface area contributed by atoms with Crippen LogP contribution in [0.3, 0.4) is 0 Å². The average molecular weight is 254 g/mol. The first kappa shape index (κ1) is 14.3. The summed E-state index contributed by atoms with van der Waals surface area (Å²) in [6, 6.07) is 0. The van der Waals surface area contributed by atoms with Gasteiger partial charge in [-0.25, -0.2) is 0 Å². The molecular weight excluding hydrogens is 224 g/mol. The molecule has 2 saturated carbocycles. The average Bonchev–Trinajstić information content (AvgIpc) is 2.41. The highest BCUT2D eigenvalue weighted by atomic mass is 16.3. The molecule has 18 heavy (non-hydrogen) atoms. The van der Waals surface area contributed by atoms with E-state index >= 15 is 0 Å². The summed E-state index contributed by atoms with van der Waals surface area (Å²) in [5, 5.41) is 21.5. The van der Waals surface area contributed by atoms with Crippen molar-refractivity contribution in [3.8, 4) is 0 Å². The second-order valence-electron chi connectivity index (χ2n) is 6.85. The van der Waals surface area contributed by atoms with E-state index in [1.54, 1.807) is 0 Å². The van der Waals surface area contributed by atoms with E-state index in [-0.39, 0.29) is 0 Å². The van der Waals surface area contributed by atoms with Crippen molar-refractivity contribution in [1.82, 2.24) is 0 Å². The summed E-state index contributed by atoms with van der Waals surface area (Å²) in [6.45, 7) is 4.48. The molecule has 2 N–H and O–H groups in total. The monoisotopic (exact) mass is 254 g/mol. The molecule has 0 heterocycles. The third kappa shape index (κ3) is 2.91. The van der Waals surface area contributed by atoms with Crippen LogP contribution in [-0.4, -0.2) is 21.9 Å². The van der Waals surface area contributed by atoms with Crippen LogP contribution in [0.5, 0.6) is 0 Å². The Bertz CT molecular complexity index is 256. The van der Waals surface area contributed by atoms with Gasteiger partial charge in [0.2, 0.25) is 0 Å². The second kappa shape index (κ2) is 5.92. The molecule has 2 heteroatoms. The predicted molar refractivity (Wildman–Crippen MR) is 74.3 cm³/mol. The van der Waals surface area contributed by atoms with Gasteiger partial charge in [-0.05, 0) is 49.9 Å². The van der Waals surface area contributed by atoms with Crippen LogP contribution >= 0.6 is 0 Å². The first-order valence-electron chi connectivity index (χ1n) is 7.97. The van der Waals surface area contributed by atoms with Gasteiger partial charge in [0.1, 0.15) is 0 Å². The molecule has 0 aromatic carbocycles. The van der Waals surface area contributed by atoms with E-state index in [2.05, 4.69) is 13.8 Å². The first-order valence-corrected chi connectivity index (χ1v) is 7.97. The van der Waals surface area contributed by atoms with Crippen molar-refractivity contribution in [3.63, 3.8) is 0 Å². The lowest BCUT2D eigenvalue weighted by Crippen LogP contribution is -2.51. The van der Waals surface area contributed by atoms with Crippen LogP contribution in [0.2, 0.25) is 0 Å². The maximum absolute atomic E-state index is 10.8. The fourth-order valence-electron chi connectivity index (χ4n) is 4.12. The van der Waals surface area contributed by atoms with Crippen molar-refractivity contribution in [2.75, 3.05) is 0 Å². The molecule has 0 aliphatic heterocycles. The Morgan fingerprint density at radius 2 is 1.72 bits per heavy atom. The lowest BCUT2D eigenvalue weighted by Gasteiger charge is -2.45. The minimum Gasteiger partial charge on any atom is -0.390 e. The standard InChI is InChI=1S/C16H30O2/c1-3-13-6-4-5-7-14(13)15(17)16(18)10-8-12(2)9-11-16/h12-15,17-18H,3-11H2,1-2H3. The molecule has 2 aliphatic carbocycles. The van der Waals surface area contributed by atoms with E-state index in [1.807, 2.05) is 0 Å². The summed E-state index contributed by atoms with van der Waals surface area (Å²) >= 11 is 0. The molecule has 2 aliphatic rings. The largest absolute Gasteiger partial charge is 0.390 e. The van der Waals surface area contributed by atoms with Gasteiger partial charge in [-0.3, -0.25) is 0 Å². The van der Waals surface area contributed by atoms with Crippen molar-refractivity contribution in [3.05, 3.63) is 0 Å². The van der Waals surface area contributed by atoms with E-state index in [4.69, 9.17) is 0 Å². The molecule has 2 nitrogen and oxygen atoms in total. The number of hydrogen-bond donors (Lipinski definition) is 2. The molecule has 2 rings (SSSR count). The van der Waals surface area contributed by atoms with Crippen molar-refractivity contribution < 1.29 is 10.2 Å². The van der Waals surface area contributed by atoms with Crippen LogP contribution in [0.25, 0.3) is 0 Å². The minimum atomic E-state index is -0.790. The van der Waals surface area contributed by atoms with Crippen LogP contribution in [0.1, 0.15) is 71.6 Å². The molecule has 106 valence electrons. The van der Waals surface area contributed by atoms with E-state index < -0.39 is 11.7 Å². The van der Waals surface area contributed by atoms with E-state index in [1.165, 1.54) is 19.3 Å². The predicted octanol–water partition coefficient (Wildman–Crippen LogP) is 3.50. The van der Waals surface area contributed by atoms with Crippen LogP contribution in [-0.2, 0) is 0 Å². The number of rotatable bonds is 3. The zero-order valence-corrected chi connectivity index (χ0v) is 12.1. The summed E-state index contributed by atoms with van der Waals surface area (Å²) < 4.78 is 0. The maximum Gasteiger partial charge on any atom is 0.0908 e. The topological polar surface area (TPSA) is 40.5 Å². The molecule has 0 amide bonds. The van der Waals surface area contributed by atoms with E-state index in [0.717, 1.165) is 38.5 Å². The van der Waals surface area contributed by atoms with Gasteiger partial charge in [0.25, 0.3) is 0 Å². The molecule has 0 bridgehead atoms. The number of hydrogen-bond acceptors (Lipinski definition) is 2. The zero-order valence-electron chi connectivity index (χ0n) is 12.1. The molecule has 0 aromatic rings. The van der Waals surface area contributed by atoms with Gasteiger partial charge in [0, 0.05) is 0 Å². The Morgan fingerprint density at radius 1 is 1.11 bits per heavy atom. The van der Waals surface area contributed by atoms with Crippen molar-refractivity contribution >= 4 is 0 Å². The van der Waals surface area contributed by atoms with Crippen LogP contribution in [0, 0.1) is 17.8 Å². The van der Waals surface area contributed by atoms with Gasteiger partial charge in [-0.1, -0.05) is 39.5 Å². The SMILES string of the molecule is CCC1CCCCC1C(O)C1(O)CCC(C)CC1. The van der Waals surface area contributed by atoms with Gasteiger partial charge in [-0.15, -0.1) is 0 Å². The van der Waals surface area contributed by atoms with Crippen molar-refractivity contribution in [2.24, 2.45) is 17.8 Å². The molecule has 0 aromatic heterocycles. The second-order valence-corrected chi connectivity index (χ2v) is 6.85. The Labute approximate surface area is 112 Å². The fourth-order valence-corrected chi connectivity index (χ4v) is 4.12. The highest BCUT2D eigenvalue weighted by Crippen LogP contribution is 2.42. The summed E-state index contributed by atoms with van der Waals surface area (Å²) in [5.41, 5.74) is -0.790. The summed E-state index contributed by atoms with van der Waals surface area (Å²) in [4.78, 5) is 0. The van der Waals surface area contributed by atoms with Crippen molar-refractivity contribution in [1.29, 1.82) is 0 Å². The Morgan fingerprint density at radius 3 is 2.33 bits per heavy atom. The molecule has 3 atom stereocenters. The lowest BCUT2D eigenvalue weighted by molar-refractivity contribution is -0.139. The quantitative estimate of drug-likeness (QED) is 0.809. The van der Waals surface area contributed by atoms with Gasteiger partial charge in [-0.2, -0.15) is 0 Å². The normalized spacial score (nSPS) is 43.7. The van der Waals surface area contributed by atoms with E-state index in [0.29, 0.717) is 17.8 Å². The minimum absolute atomic E-state index is 0.335. The maximum atomic E-state index is 10.8. The van der Waals surface area contributed by atoms with E-state index in [9.17, 15) is 10.2 Å². The molecule has 0 spiro atoms. The Kier molecular flexibility index (Phi) is 4.71. The van der Waals surface area contributed by atoms with Gasteiger partial charge in [0.05, 0.1) is 11.7 Å². The van der Waals surface area contributed by atoms with Gasteiger partial charge in [0.15, 0.2) is 0 Å². The van der Waals surface area contributed by atoms with Gasteiger partial charge >= 0.3 is 0 Å². The molecule has 0 saturated heterocycles. The fraction of sp³-hybridized carbons (Fsp3) is 1.00. The molecular formula is C16H30O2. The lowest BCUT2D eigenvalue weighted by atomic mass is 9.66. The van der Waals surface area contributed by atoms with Crippen LogP contribution < -0.4 is 0 Å². The Balaban J connectivity index is 2.02. The number of aliphatic hydroxyl groups excluding tert-OH is 1. The zero-order chi connectivity index (χ0) is 13.2. The third-order valence-electron chi connectivity index (χ3n) is 5.59. The summed E-state index contributed by atoms with van der Waals surface area (Å²) in [7, 11) is 0. The highest BCUT2D eigenvalue weighted by Gasteiger charge is 2.44. The number of aliphatic hydroxyl groups is 2. The van der Waals surface area contributed by atoms with Crippen LogP contribution in [0.15, 0.2) is 0 Å². The van der Waals surface area contributed by atoms with Gasteiger partial charge < -0.3 is 10.2 Å². The molecule has 0 radical (unpaired) electrons. The summed E-state index contributed by atoms with van der Waals surface area (Å²) in [6.07, 6.45) is 9.26. The van der Waals surface area contributed by atoms with Crippen LogP contribution in [0.4, 0.5) is 0 Å².